The summed E-state index contributed by atoms with van der Waals surface area (Å²) in [5.41, 5.74) is 0. The van der Waals surface area contributed by atoms with Gasteiger partial charge in [-0.25, -0.2) is 16.8 Å². The fourth-order valence-electron chi connectivity index (χ4n) is 2.79. The van der Waals surface area contributed by atoms with Crippen molar-refractivity contribution in [3.05, 3.63) is 27.7 Å². The van der Waals surface area contributed by atoms with E-state index in [4.69, 9.17) is 11.6 Å². The van der Waals surface area contributed by atoms with E-state index in [0.29, 0.717) is 10.9 Å². The normalized spacial score (nSPS) is 24.8. The molecule has 1 saturated carbocycles. The van der Waals surface area contributed by atoms with E-state index in [1.165, 1.54) is 16.4 Å². The minimum Gasteiger partial charge on any atom is -0.229 e. The van der Waals surface area contributed by atoms with Gasteiger partial charge >= 0.3 is 0 Å². The Morgan fingerprint density at radius 3 is 2.36 bits per heavy atom. The summed E-state index contributed by atoms with van der Waals surface area (Å²) >= 11 is 9.34. The van der Waals surface area contributed by atoms with E-state index >= 15 is 0 Å². The lowest BCUT2D eigenvalue weighted by Crippen LogP contribution is -2.42. The van der Waals surface area contributed by atoms with Crippen LogP contribution in [0.3, 0.4) is 0 Å². The van der Waals surface area contributed by atoms with Crippen molar-refractivity contribution in [3.63, 3.8) is 0 Å². The lowest BCUT2D eigenvalue weighted by Gasteiger charge is -2.27. The lowest BCUT2D eigenvalue weighted by molar-refractivity contribution is 0.332. The van der Waals surface area contributed by atoms with Crippen LogP contribution in [-0.4, -0.2) is 44.7 Å². The number of halogens is 2. The highest BCUT2D eigenvalue weighted by Crippen LogP contribution is 2.38. The molecule has 1 heterocycles. The van der Waals surface area contributed by atoms with Crippen molar-refractivity contribution in [1.29, 1.82) is 0 Å². The van der Waals surface area contributed by atoms with Gasteiger partial charge in [-0.05, 0) is 37.5 Å². The standard InChI is InChI=1S/C13H15BrClNO4S2/c14-9-1-4-13(12(15)7-9)22(19,20)16(10-2-3-10)11-5-6-21(17,18)8-11/h1,4,7,10-11H,2-3,5-6,8H2. The molecule has 0 bridgehead atoms. The molecular weight excluding hydrogens is 414 g/mol. The molecule has 1 aromatic rings. The van der Waals surface area contributed by atoms with Crippen LogP contribution in [-0.2, 0) is 19.9 Å². The summed E-state index contributed by atoms with van der Waals surface area (Å²) in [6.07, 6.45) is 1.89. The van der Waals surface area contributed by atoms with Crippen LogP contribution < -0.4 is 0 Å². The second-order valence-electron chi connectivity index (χ2n) is 5.70. The number of sulfone groups is 1. The maximum atomic E-state index is 13.0. The average Bonchev–Trinajstić information content (AvgIpc) is 3.13. The van der Waals surface area contributed by atoms with Gasteiger partial charge in [0.25, 0.3) is 0 Å². The zero-order valence-corrected chi connectivity index (χ0v) is 15.5. The third kappa shape index (κ3) is 3.21. The largest absolute Gasteiger partial charge is 0.245 e. The van der Waals surface area contributed by atoms with E-state index in [1.54, 1.807) is 6.07 Å². The molecule has 2 fully saturated rings. The predicted octanol–water partition coefficient (Wildman–Crippen LogP) is 2.44. The fraction of sp³-hybridized carbons (Fsp3) is 0.538. The molecule has 1 aromatic carbocycles. The Kier molecular flexibility index (Phi) is 4.35. The van der Waals surface area contributed by atoms with Gasteiger partial charge in [0, 0.05) is 16.6 Å². The molecule has 5 nitrogen and oxygen atoms in total. The van der Waals surface area contributed by atoms with Crippen molar-refractivity contribution >= 4 is 47.4 Å². The van der Waals surface area contributed by atoms with E-state index in [9.17, 15) is 16.8 Å². The quantitative estimate of drug-likeness (QED) is 0.738. The molecular formula is C13H15BrClNO4S2. The molecule has 0 radical (unpaired) electrons. The zero-order valence-electron chi connectivity index (χ0n) is 11.6. The Morgan fingerprint density at radius 1 is 1.18 bits per heavy atom. The highest BCUT2D eigenvalue weighted by molar-refractivity contribution is 9.10. The van der Waals surface area contributed by atoms with Crippen LogP contribution in [0.1, 0.15) is 19.3 Å². The summed E-state index contributed by atoms with van der Waals surface area (Å²) in [6.45, 7) is 0. The first kappa shape index (κ1) is 16.7. The Balaban J connectivity index is 2.01. The van der Waals surface area contributed by atoms with Gasteiger partial charge in [-0.3, -0.25) is 0 Å². The Morgan fingerprint density at radius 2 is 1.86 bits per heavy atom. The summed E-state index contributed by atoms with van der Waals surface area (Å²) in [7, 11) is -6.95. The smallest absolute Gasteiger partial charge is 0.229 e. The van der Waals surface area contributed by atoms with Gasteiger partial charge in [-0.15, -0.1) is 0 Å². The topological polar surface area (TPSA) is 71.5 Å². The molecule has 0 spiro atoms. The number of rotatable bonds is 4. The van der Waals surface area contributed by atoms with Gasteiger partial charge in [0.2, 0.25) is 10.0 Å². The van der Waals surface area contributed by atoms with Crippen molar-refractivity contribution in [2.45, 2.75) is 36.2 Å². The van der Waals surface area contributed by atoms with Gasteiger partial charge in [0.05, 0.1) is 16.5 Å². The monoisotopic (exact) mass is 427 g/mol. The molecule has 1 aliphatic heterocycles. The van der Waals surface area contributed by atoms with E-state index in [-0.39, 0.29) is 27.5 Å². The SMILES string of the molecule is O=S1(=O)CCC(N(C2CC2)S(=O)(=O)c2ccc(Br)cc2Cl)C1. The lowest BCUT2D eigenvalue weighted by atomic mass is 10.2. The van der Waals surface area contributed by atoms with Crippen LogP contribution in [0.2, 0.25) is 5.02 Å². The second kappa shape index (κ2) is 5.73. The summed E-state index contributed by atoms with van der Waals surface area (Å²) in [6, 6.07) is 4.02. The molecule has 122 valence electrons. The van der Waals surface area contributed by atoms with E-state index in [2.05, 4.69) is 15.9 Å². The maximum Gasteiger partial charge on any atom is 0.245 e. The predicted molar refractivity (Wildman–Crippen MR) is 88.3 cm³/mol. The zero-order chi connectivity index (χ0) is 16.1. The first-order chi connectivity index (χ1) is 10.2. The molecule has 2 aliphatic rings. The van der Waals surface area contributed by atoms with Gasteiger partial charge in [0.1, 0.15) is 4.90 Å². The summed E-state index contributed by atoms with van der Waals surface area (Å²) in [5.74, 6) is -0.0542. The molecule has 3 rings (SSSR count). The van der Waals surface area contributed by atoms with Gasteiger partial charge < -0.3 is 0 Å². The van der Waals surface area contributed by atoms with Gasteiger partial charge in [-0.1, -0.05) is 27.5 Å². The van der Waals surface area contributed by atoms with E-state index in [1.807, 2.05) is 0 Å². The second-order valence-corrected chi connectivity index (χ2v) is 11.1. The number of nitrogens with zero attached hydrogens (tertiary/aromatic N) is 1. The molecule has 1 saturated heterocycles. The van der Waals surface area contributed by atoms with Crippen LogP contribution >= 0.6 is 27.5 Å². The van der Waals surface area contributed by atoms with Gasteiger partial charge in [-0.2, -0.15) is 4.31 Å². The molecule has 1 aliphatic carbocycles. The van der Waals surface area contributed by atoms with Crippen LogP contribution in [0, 0.1) is 0 Å². The molecule has 1 atom stereocenters. The van der Waals surface area contributed by atoms with Crippen molar-refractivity contribution < 1.29 is 16.8 Å². The minimum atomic E-state index is -3.80. The minimum absolute atomic E-state index is 0.0357. The van der Waals surface area contributed by atoms with Crippen molar-refractivity contribution in [2.75, 3.05) is 11.5 Å². The molecule has 0 N–H and O–H groups in total. The van der Waals surface area contributed by atoms with Crippen molar-refractivity contribution in [2.24, 2.45) is 0 Å². The third-order valence-corrected chi connectivity index (χ3v) is 8.66. The summed E-state index contributed by atoms with van der Waals surface area (Å²) in [4.78, 5) is 0.0357. The highest BCUT2D eigenvalue weighted by atomic mass is 79.9. The Labute approximate surface area is 143 Å². The first-order valence-corrected chi connectivity index (χ1v) is 11.3. The number of hydrogen-bond acceptors (Lipinski definition) is 4. The maximum absolute atomic E-state index is 13.0. The van der Waals surface area contributed by atoms with Crippen LogP contribution in [0.25, 0.3) is 0 Å². The third-order valence-electron chi connectivity index (χ3n) is 3.92. The van der Waals surface area contributed by atoms with Gasteiger partial charge in [0.15, 0.2) is 9.84 Å². The average molecular weight is 429 g/mol. The molecule has 1 unspecified atom stereocenters. The Bertz CT molecular complexity index is 805. The van der Waals surface area contributed by atoms with Crippen LogP contribution in [0.5, 0.6) is 0 Å². The molecule has 22 heavy (non-hydrogen) atoms. The van der Waals surface area contributed by atoms with E-state index in [0.717, 1.165) is 12.8 Å². The molecule has 0 aromatic heterocycles. The Hall–Kier alpha value is -0.150. The van der Waals surface area contributed by atoms with Crippen molar-refractivity contribution in [1.82, 2.24) is 4.31 Å². The first-order valence-electron chi connectivity index (χ1n) is 6.90. The summed E-state index contributed by atoms with van der Waals surface area (Å²) < 4.78 is 51.4. The van der Waals surface area contributed by atoms with Crippen molar-refractivity contribution in [3.8, 4) is 0 Å². The fourth-order valence-corrected chi connectivity index (χ4v) is 7.51. The number of benzene rings is 1. The molecule has 0 amide bonds. The highest BCUT2D eigenvalue weighted by Gasteiger charge is 2.46. The number of hydrogen-bond donors (Lipinski definition) is 0. The van der Waals surface area contributed by atoms with Crippen LogP contribution in [0.4, 0.5) is 0 Å². The molecule has 9 heteroatoms. The number of sulfonamides is 1. The van der Waals surface area contributed by atoms with E-state index < -0.39 is 25.9 Å². The van der Waals surface area contributed by atoms with Crippen LogP contribution in [0.15, 0.2) is 27.6 Å². The summed E-state index contributed by atoms with van der Waals surface area (Å²) in [5, 5.41) is 0.140.